The van der Waals surface area contributed by atoms with Gasteiger partial charge in [-0.1, -0.05) is 0 Å². The number of amides is 1. The standard InChI is InChI=1S/C20H17N3O5/c1-2-27-17-9-5-15(6-10-17)20(24)22-21-13-18-11-12-19(28-18)14-3-7-16(8-4-14)23(25)26/h3-13H,2H2,1H3,(H,22,24)/b21-13-. The van der Waals surface area contributed by atoms with Crippen LogP contribution < -0.4 is 10.2 Å². The first kappa shape index (κ1) is 18.8. The van der Waals surface area contributed by atoms with Crippen molar-refractivity contribution >= 4 is 17.8 Å². The largest absolute Gasteiger partial charge is 0.494 e. The Morgan fingerprint density at radius 2 is 1.86 bits per heavy atom. The SMILES string of the molecule is CCOc1ccc(C(=O)N/N=C\c2ccc(-c3ccc([N+](=O)[O-])cc3)o2)cc1. The molecule has 0 atom stereocenters. The Hall–Kier alpha value is -3.94. The van der Waals surface area contributed by atoms with E-state index < -0.39 is 4.92 Å². The molecule has 0 bridgehead atoms. The number of nitrogens with zero attached hydrogens (tertiary/aromatic N) is 2. The summed E-state index contributed by atoms with van der Waals surface area (Å²) in [5.41, 5.74) is 3.58. The third-order valence-electron chi connectivity index (χ3n) is 3.77. The quantitative estimate of drug-likeness (QED) is 0.379. The van der Waals surface area contributed by atoms with Crippen LogP contribution in [0.15, 0.2) is 70.2 Å². The van der Waals surface area contributed by atoms with Gasteiger partial charge in [0.1, 0.15) is 17.3 Å². The van der Waals surface area contributed by atoms with Gasteiger partial charge in [0.05, 0.1) is 17.7 Å². The van der Waals surface area contributed by atoms with Crippen molar-refractivity contribution in [2.75, 3.05) is 6.61 Å². The molecular weight excluding hydrogens is 362 g/mol. The van der Waals surface area contributed by atoms with Gasteiger partial charge in [0.15, 0.2) is 0 Å². The van der Waals surface area contributed by atoms with Crippen LogP contribution in [-0.2, 0) is 0 Å². The fourth-order valence-corrected chi connectivity index (χ4v) is 2.41. The molecule has 1 N–H and O–H groups in total. The van der Waals surface area contributed by atoms with Crippen molar-refractivity contribution in [2.45, 2.75) is 6.92 Å². The van der Waals surface area contributed by atoms with E-state index in [-0.39, 0.29) is 11.6 Å². The number of rotatable bonds is 7. The number of furan rings is 1. The van der Waals surface area contributed by atoms with E-state index in [4.69, 9.17) is 9.15 Å². The fourth-order valence-electron chi connectivity index (χ4n) is 2.41. The van der Waals surface area contributed by atoms with Crippen LogP contribution in [0.3, 0.4) is 0 Å². The van der Waals surface area contributed by atoms with Gasteiger partial charge in [-0.3, -0.25) is 14.9 Å². The number of hydrogen-bond acceptors (Lipinski definition) is 6. The summed E-state index contributed by atoms with van der Waals surface area (Å²) in [6, 6.07) is 16.1. The minimum Gasteiger partial charge on any atom is -0.494 e. The van der Waals surface area contributed by atoms with Crippen molar-refractivity contribution in [2.24, 2.45) is 5.10 Å². The average Bonchev–Trinajstić information content (AvgIpc) is 3.18. The van der Waals surface area contributed by atoms with Crippen LogP contribution in [-0.4, -0.2) is 23.7 Å². The third-order valence-corrected chi connectivity index (χ3v) is 3.77. The lowest BCUT2D eigenvalue weighted by molar-refractivity contribution is -0.384. The maximum atomic E-state index is 12.1. The number of nitro benzene ring substituents is 1. The molecule has 0 unspecified atom stereocenters. The zero-order valence-electron chi connectivity index (χ0n) is 15.0. The first-order valence-corrected chi connectivity index (χ1v) is 8.47. The van der Waals surface area contributed by atoms with E-state index in [2.05, 4.69) is 10.5 Å². The summed E-state index contributed by atoms with van der Waals surface area (Å²) in [5, 5.41) is 14.6. The number of hydrazone groups is 1. The second-order valence-corrected chi connectivity index (χ2v) is 5.66. The number of nitrogens with one attached hydrogen (secondary N) is 1. The average molecular weight is 379 g/mol. The Kier molecular flexibility index (Phi) is 5.81. The molecule has 28 heavy (non-hydrogen) atoms. The van der Waals surface area contributed by atoms with Gasteiger partial charge in [0, 0.05) is 23.3 Å². The number of carbonyl (C=O) groups excluding carboxylic acids is 1. The summed E-state index contributed by atoms with van der Waals surface area (Å²) in [5.74, 6) is 1.30. The molecule has 1 heterocycles. The molecule has 2 aromatic carbocycles. The van der Waals surface area contributed by atoms with Crippen molar-refractivity contribution in [3.63, 3.8) is 0 Å². The van der Waals surface area contributed by atoms with Crippen LogP contribution in [0.2, 0.25) is 0 Å². The lowest BCUT2D eigenvalue weighted by atomic mass is 10.1. The molecule has 0 spiro atoms. The lowest BCUT2D eigenvalue weighted by Gasteiger charge is -2.03. The van der Waals surface area contributed by atoms with Gasteiger partial charge in [0.25, 0.3) is 11.6 Å². The van der Waals surface area contributed by atoms with E-state index in [0.29, 0.717) is 35.0 Å². The van der Waals surface area contributed by atoms with E-state index in [9.17, 15) is 14.9 Å². The van der Waals surface area contributed by atoms with Gasteiger partial charge < -0.3 is 9.15 Å². The topological polar surface area (TPSA) is 107 Å². The molecule has 0 aliphatic heterocycles. The van der Waals surface area contributed by atoms with E-state index in [0.717, 1.165) is 0 Å². The normalized spacial score (nSPS) is 10.8. The van der Waals surface area contributed by atoms with E-state index >= 15 is 0 Å². The van der Waals surface area contributed by atoms with Crippen LogP contribution in [0.4, 0.5) is 5.69 Å². The van der Waals surface area contributed by atoms with E-state index in [1.54, 1.807) is 48.5 Å². The molecular formula is C20H17N3O5. The molecule has 8 heteroatoms. The first-order valence-electron chi connectivity index (χ1n) is 8.47. The fraction of sp³-hybridized carbons (Fsp3) is 0.100. The number of nitro groups is 1. The summed E-state index contributed by atoms with van der Waals surface area (Å²) >= 11 is 0. The highest BCUT2D eigenvalue weighted by molar-refractivity contribution is 5.94. The molecule has 3 rings (SSSR count). The highest BCUT2D eigenvalue weighted by Crippen LogP contribution is 2.24. The van der Waals surface area contributed by atoms with E-state index in [1.807, 2.05) is 6.92 Å². The number of non-ortho nitro benzene ring substituents is 1. The number of ether oxygens (including phenoxy) is 1. The molecule has 0 aliphatic carbocycles. The van der Waals surface area contributed by atoms with Gasteiger partial charge >= 0.3 is 0 Å². The molecule has 1 aromatic heterocycles. The van der Waals surface area contributed by atoms with Gasteiger partial charge in [-0.2, -0.15) is 5.10 Å². The molecule has 0 saturated carbocycles. The Labute approximate surface area is 160 Å². The van der Waals surface area contributed by atoms with Crippen molar-refractivity contribution in [3.8, 4) is 17.1 Å². The van der Waals surface area contributed by atoms with Gasteiger partial charge in [-0.15, -0.1) is 0 Å². The zero-order chi connectivity index (χ0) is 19.9. The Morgan fingerprint density at radius 3 is 2.50 bits per heavy atom. The zero-order valence-corrected chi connectivity index (χ0v) is 15.0. The van der Waals surface area contributed by atoms with Crippen LogP contribution in [0.5, 0.6) is 5.75 Å². The monoisotopic (exact) mass is 379 g/mol. The molecule has 8 nitrogen and oxygen atoms in total. The Bertz CT molecular complexity index is 991. The first-order chi connectivity index (χ1) is 13.6. The van der Waals surface area contributed by atoms with Gasteiger partial charge in [-0.05, 0) is 55.5 Å². The molecule has 1 amide bonds. The second kappa shape index (κ2) is 8.63. The third kappa shape index (κ3) is 4.61. The summed E-state index contributed by atoms with van der Waals surface area (Å²) in [6.07, 6.45) is 1.38. The van der Waals surface area contributed by atoms with Gasteiger partial charge in [-0.25, -0.2) is 5.43 Å². The Balaban J connectivity index is 1.60. The predicted octanol–water partition coefficient (Wildman–Crippen LogP) is 4.02. The van der Waals surface area contributed by atoms with Crippen molar-refractivity contribution in [1.29, 1.82) is 0 Å². The lowest BCUT2D eigenvalue weighted by Crippen LogP contribution is -2.17. The molecule has 142 valence electrons. The van der Waals surface area contributed by atoms with E-state index in [1.165, 1.54) is 18.3 Å². The second-order valence-electron chi connectivity index (χ2n) is 5.66. The van der Waals surface area contributed by atoms with Crippen LogP contribution in [0.25, 0.3) is 11.3 Å². The van der Waals surface area contributed by atoms with Gasteiger partial charge in [0.2, 0.25) is 0 Å². The highest BCUT2D eigenvalue weighted by atomic mass is 16.6. The number of carbonyl (C=O) groups is 1. The number of hydrogen-bond donors (Lipinski definition) is 1. The predicted molar refractivity (Wildman–Crippen MR) is 103 cm³/mol. The maximum Gasteiger partial charge on any atom is 0.271 e. The molecule has 0 fully saturated rings. The summed E-state index contributed by atoms with van der Waals surface area (Å²) in [7, 11) is 0. The molecule has 3 aromatic rings. The minimum absolute atomic E-state index is 0.00842. The number of benzene rings is 2. The molecule has 0 saturated heterocycles. The summed E-state index contributed by atoms with van der Waals surface area (Å²) < 4.78 is 10.9. The molecule has 0 aliphatic rings. The van der Waals surface area contributed by atoms with Crippen LogP contribution >= 0.6 is 0 Å². The maximum absolute atomic E-state index is 12.1. The van der Waals surface area contributed by atoms with Crippen molar-refractivity contribution in [3.05, 3.63) is 82.1 Å². The molecule has 0 radical (unpaired) electrons. The summed E-state index contributed by atoms with van der Waals surface area (Å²) in [4.78, 5) is 22.3. The van der Waals surface area contributed by atoms with Crippen LogP contribution in [0, 0.1) is 10.1 Å². The van der Waals surface area contributed by atoms with Crippen molar-refractivity contribution in [1.82, 2.24) is 5.43 Å². The summed E-state index contributed by atoms with van der Waals surface area (Å²) in [6.45, 7) is 2.44. The minimum atomic E-state index is -0.461. The highest BCUT2D eigenvalue weighted by Gasteiger charge is 2.08. The van der Waals surface area contributed by atoms with Crippen molar-refractivity contribution < 1.29 is 18.9 Å². The van der Waals surface area contributed by atoms with Crippen LogP contribution in [0.1, 0.15) is 23.0 Å². The smallest absolute Gasteiger partial charge is 0.271 e. The Morgan fingerprint density at radius 1 is 1.14 bits per heavy atom.